The first-order valence-corrected chi connectivity index (χ1v) is 8.21. The van der Waals surface area contributed by atoms with Crippen LogP contribution in [0.5, 0.6) is 17.4 Å². The predicted molar refractivity (Wildman–Crippen MR) is 100 cm³/mol. The molecule has 0 radical (unpaired) electrons. The molecule has 1 heterocycles. The van der Waals surface area contributed by atoms with Gasteiger partial charge in [0.05, 0.1) is 19.9 Å². The molecule has 0 aliphatic carbocycles. The molecule has 1 N–H and O–H groups in total. The van der Waals surface area contributed by atoms with Crippen molar-refractivity contribution < 1.29 is 19.0 Å². The van der Waals surface area contributed by atoms with Crippen LogP contribution in [0.4, 0.5) is 5.69 Å². The molecule has 7 nitrogen and oxygen atoms in total. The van der Waals surface area contributed by atoms with Gasteiger partial charge in [0.1, 0.15) is 30.1 Å². The fourth-order valence-electron chi connectivity index (χ4n) is 2.37. The summed E-state index contributed by atoms with van der Waals surface area (Å²) in [6.45, 7) is 0.350. The minimum atomic E-state index is -0.409. The van der Waals surface area contributed by atoms with Crippen LogP contribution in [-0.2, 0) is 6.61 Å². The van der Waals surface area contributed by atoms with Crippen LogP contribution in [-0.4, -0.2) is 30.1 Å². The van der Waals surface area contributed by atoms with Crippen LogP contribution in [0.15, 0.2) is 60.9 Å². The summed E-state index contributed by atoms with van der Waals surface area (Å²) >= 11 is 0. The molecule has 0 aliphatic heterocycles. The molecular weight excluding hydrogens is 346 g/mol. The Labute approximate surface area is 156 Å². The number of ether oxygens (including phenoxy) is 3. The Bertz CT molecular complexity index is 916. The van der Waals surface area contributed by atoms with E-state index in [2.05, 4.69) is 15.3 Å². The Morgan fingerprint density at radius 2 is 1.81 bits per heavy atom. The third kappa shape index (κ3) is 4.72. The Morgan fingerprint density at radius 3 is 2.56 bits per heavy atom. The minimum absolute atomic E-state index is 0.179. The number of hydrogen-bond donors (Lipinski definition) is 1. The van der Waals surface area contributed by atoms with Crippen molar-refractivity contribution in [2.75, 3.05) is 19.5 Å². The Hall–Kier alpha value is -3.61. The molecule has 0 saturated heterocycles. The van der Waals surface area contributed by atoms with Gasteiger partial charge in [0.25, 0.3) is 5.91 Å². The number of aromatic nitrogens is 2. The quantitative estimate of drug-likeness (QED) is 0.692. The van der Waals surface area contributed by atoms with Crippen molar-refractivity contribution in [3.63, 3.8) is 0 Å². The second kappa shape index (κ2) is 8.66. The van der Waals surface area contributed by atoms with Gasteiger partial charge in [-0.05, 0) is 17.7 Å². The number of amides is 1. The molecule has 7 heteroatoms. The van der Waals surface area contributed by atoms with Crippen molar-refractivity contribution in [3.05, 3.63) is 72.2 Å². The number of carbonyl (C=O) groups is 1. The van der Waals surface area contributed by atoms with E-state index in [1.807, 2.05) is 30.3 Å². The van der Waals surface area contributed by atoms with Crippen LogP contribution in [0.3, 0.4) is 0 Å². The lowest BCUT2D eigenvalue weighted by atomic mass is 10.2. The number of methoxy groups -OCH3 is 2. The molecule has 1 aromatic heterocycles. The molecule has 138 valence electrons. The molecule has 2 aromatic carbocycles. The van der Waals surface area contributed by atoms with Gasteiger partial charge in [0, 0.05) is 12.1 Å². The largest absolute Gasteiger partial charge is 0.497 e. The molecule has 0 saturated carbocycles. The first kappa shape index (κ1) is 18.2. The van der Waals surface area contributed by atoms with Gasteiger partial charge in [-0.25, -0.2) is 9.97 Å². The molecule has 0 bridgehead atoms. The van der Waals surface area contributed by atoms with E-state index in [9.17, 15) is 4.79 Å². The van der Waals surface area contributed by atoms with Crippen molar-refractivity contribution in [2.45, 2.75) is 6.61 Å². The number of carbonyl (C=O) groups excluding carboxylic acids is 1. The lowest BCUT2D eigenvalue weighted by molar-refractivity contribution is 0.102. The maximum absolute atomic E-state index is 12.6. The molecule has 0 fully saturated rings. The fourth-order valence-corrected chi connectivity index (χ4v) is 2.37. The van der Waals surface area contributed by atoms with Crippen molar-refractivity contribution in [2.24, 2.45) is 0 Å². The number of hydrogen-bond acceptors (Lipinski definition) is 6. The first-order chi connectivity index (χ1) is 13.2. The highest BCUT2D eigenvalue weighted by atomic mass is 16.5. The van der Waals surface area contributed by atoms with E-state index in [1.165, 1.54) is 19.5 Å². The smallest absolute Gasteiger partial charge is 0.274 e. The minimum Gasteiger partial charge on any atom is -0.497 e. The molecule has 0 atom stereocenters. The molecule has 0 spiro atoms. The van der Waals surface area contributed by atoms with Crippen LogP contribution in [0.2, 0.25) is 0 Å². The summed E-state index contributed by atoms with van der Waals surface area (Å²) in [6.07, 6.45) is 1.29. The van der Waals surface area contributed by atoms with Gasteiger partial charge >= 0.3 is 0 Å². The number of benzene rings is 2. The van der Waals surface area contributed by atoms with Gasteiger partial charge in [0.2, 0.25) is 5.88 Å². The topological polar surface area (TPSA) is 82.6 Å². The standard InChI is InChI=1S/C20H19N3O4/c1-25-15-8-9-18(26-2)16(10-15)23-20(24)17-11-19(22-13-21-17)27-12-14-6-4-3-5-7-14/h3-11,13H,12H2,1-2H3,(H,23,24). The number of nitrogens with one attached hydrogen (secondary N) is 1. The molecule has 0 unspecified atom stereocenters. The molecule has 0 aliphatic rings. The zero-order chi connectivity index (χ0) is 19.1. The molecule has 1 amide bonds. The van der Waals surface area contributed by atoms with Crippen LogP contribution < -0.4 is 19.5 Å². The highest BCUT2D eigenvalue weighted by molar-refractivity contribution is 6.03. The van der Waals surface area contributed by atoms with Crippen LogP contribution in [0.1, 0.15) is 16.1 Å². The van der Waals surface area contributed by atoms with Crippen molar-refractivity contribution in [1.82, 2.24) is 9.97 Å². The van der Waals surface area contributed by atoms with Crippen molar-refractivity contribution in [1.29, 1.82) is 0 Å². The van der Waals surface area contributed by atoms with Crippen molar-refractivity contribution >= 4 is 11.6 Å². The molecule has 27 heavy (non-hydrogen) atoms. The van der Waals surface area contributed by atoms with Gasteiger partial charge in [-0.2, -0.15) is 0 Å². The van der Waals surface area contributed by atoms with E-state index in [4.69, 9.17) is 14.2 Å². The monoisotopic (exact) mass is 365 g/mol. The summed E-state index contributed by atoms with van der Waals surface area (Å²) in [6, 6.07) is 16.3. The maximum Gasteiger partial charge on any atom is 0.274 e. The summed E-state index contributed by atoms with van der Waals surface area (Å²) in [4.78, 5) is 20.6. The Morgan fingerprint density at radius 1 is 1.00 bits per heavy atom. The number of rotatable bonds is 7. The van der Waals surface area contributed by atoms with Gasteiger partial charge in [0.15, 0.2) is 0 Å². The highest BCUT2D eigenvalue weighted by Crippen LogP contribution is 2.29. The van der Waals surface area contributed by atoms with Crippen LogP contribution >= 0.6 is 0 Å². The summed E-state index contributed by atoms with van der Waals surface area (Å²) in [7, 11) is 3.08. The summed E-state index contributed by atoms with van der Waals surface area (Å²) in [5.74, 6) is 1.02. The van der Waals surface area contributed by atoms with E-state index in [-0.39, 0.29) is 5.69 Å². The van der Waals surface area contributed by atoms with Crippen LogP contribution in [0.25, 0.3) is 0 Å². The van der Waals surface area contributed by atoms with Crippen molar-refractivity contribution in [3.8, 4) is 17.4 Å². The fraction of sp³-hybridized carbons (Fsp3) is 0.150. The highest BCUT2D eigenvalue weighted by Gasteiger charge is 2.13. The van der Waals surface area contributed by atoms with E-state index >= 15 is 0 Å². The van der Waals surface area contributed by atoms with E-state index < -0.39 is 5.91 Å². The SMILES string of the molecule is COc1ccc(OC)c(NC(=O)c2cc(OCc3ccccc3)ncn2)c1. The van der Waals surface area contributed by atoms with E-state index in [0.29, 0.717) is 29.7 Å². The Kier molecular flexibility index (Phi) is 5.84. The molecule has 3 rings (SSSR count). The third-order valence-corrected chi connectivity index (χ3v) is 3.76. The second-order valence-corrected chi connectivity index (χ2v) is 5.54. The normalized spacial score (nSPS) is 10.1. The van der Waals surface area contributed by atoms with Gasteiger partial charge in [-0.15, -0.1) is 0 Å². The zero-order valence-electron chi connectivity index (χ0n) is 15.0. The van der Waals surface area contributed by atoms with E-state index in [1.54, 1.807) is 25.3 Å². The van der Waals surface area contributed by atoms with Crippen LogP contribution in [0, 0.1) is 0 Å². The summed E-state index contributed by atoms with van der Waals surface area (Å²) < 4.78 is 16.1. The van der Waals surface area contributed by atoms with E-state index in [0.717, 1.165) is 5.56 Å². The lowest BCUT2D eigenvalue weighted by Crippen LogP contribution is -2.15. The Balaban J connectivity index is 1.72. The average molecular weight is 365 g/mol. The molecular formula is C20H19N3O4. The first-order valence-electron chi connectivity index (χ1n) is 8.21. The second-order valence-electron chi connectivity index (χ2n) is 5.54. The summed E-state index contributed by atoms with van der Waals surface area (Å²) in [5.41, 5.74) is 1.66. The average Bonchev–Trinajstić information content (AvgIpc) is 2.73. The van der Waals surface area contributed by atoms with Gasteiger partial charge in [-0.1, -0.05) is 30.3 Å². The third-order valence-electron chi connectivity index (χ3n) is 3.76. The zero-order valence-corrected chi connectivity index (χ0v) is 15.0. The number of anilines is 1. The van der Waals surface area contributed by atoms with Gasteiger partial charge < -0.3 is 19.5 Å². The maximum atomic E-state index is 12.6. The predicted octanol–water partition coefficient (Wildman–Crippen LogP) is 3.33. The number of nitrogens with zero attached hydrogens (tertiary/aromatic N) is 2. The van der Waals surface area contributed by atoms with Gasteiger partial charge in [-0.3, -0.25) is 4.79 Å². The molecule has 3 aromatic rings. The lowest BCUT2D eigenvalue weighted by Gasteiger charge is -2.12. The summed E-state index contributed by atoms with van der Waals surface area (Å²) in [5, 5.41) is 2.76.